The van der Waals surface area contributed by atoms with Crippen LogP contribution in [0.15, 0.2) is 0 Å². The maximum Gasteiger partial charge on any atom is 0.431 e. The van der Waals surface area contributed by atoms with E-state index in [0.29, 0.717) is 0 Å². The molecule has 1 aliphatic heterocycles. The SMILES string of the molecule is O=C1OSSOC1=O.[K]. The first kappa shape index (κ1) is 10.3. The zero-order valence-corrected chi connectivity index (χ0v) is 9.21. The van der Waals surface area contributed by atoms with Gasteiger partial charge in [-0.15, -0.1) is 0 Å². The molecule has 4 nitrogen and oxygen atoms in total. The Morgan fingerprint density at radius 1 is 1.00 bits per heavy atom. The molecular weight excluding hydrogens is 191 g/mol. The molecule has 1 rings (SSSR count). The van der Waals surface area contributed by atoms with Crippen LogP contribution in [0.25, 0.3) is 0 Å². The molecule has 0 amide bonds. The van der Waals surface area contributed by atoms with E-state index in [4.69, 9.17) is 0 Å². The number of rotatable bonds is 0. The Morgan fingerprint density at radius 3 is 1.56 bits per heavy atom. The average Bonchev–Trinajstić information content (AvgIpc) is 1.77. The zero-order chi connectivity index (χ0) is 5.98. The van der Waals surface area contributed by atoms with Gasteiger partial charge in [-0.1, -0.05) is 0 Å². The Hall–Kier alpha value is 1.28. The van der Waals surface area contributed by atoms with E-state index < -0.39 is 11.9 Å². The molecule has 0 aromatic rings. The predicted molar refractivity (Wildman–Crippen MR) is 33.1 cm³/mol. The molecule has 7 heteroatoms. The van der Waals surface area contributed by atoms with Gasteiger partial charge in [0.2, 0.25) is 0 Å². The molecule has 1 heterocycles. The van der Waals surface area contributed by atoms with Gasteiger partial charge in [-0.05, 0) is 0 Å². The van der Waals surface area contributed by atoms with E-state index in [0.717, 1.165) is 22.1 Å². The first-order valence-electron chi connectivity index (χ1n) is 1.57. The molecule has 9 heavy (non-hydrogen) atoms. The molecule has 0 aliphatic carbocycles. The maximum absolute atomic E-state index is 10.1. The van der Waals surface area contributed by atoms with Crippen molar-refractivity contribution in [1.82, 2.24) is 0 Å². The van der Waals surface area contributed by atoms with E-state index in [-0.39, 0.29) is 51.4 Å². The second kappa shape index (κ2) is 5.00. The summed E-state index contributed by atoms with van der Waals surface area (Å²) in [5.74, 6) is -1.90. The second-order valence-electron chi connectivity index (χ2n) is 0.878. The van der Waals surface area contributed by atoms with Crippen LogP contribution in [0.4, 0.5) is 0 Å². The van der Waals surface area contributed by atoms with Crippen LogP contribution in [0.3, 0.4) is 0 Å². The van der Waals surface area contributed by atoms with Crippen molar-refractivity contribution in [3.8, 4) is 0 Å². The smallest absolute Gasteiger partial charge is 0.368 e. The van der Waals surface area contributed by atoms with Crippen LogP contribution in [0.5, 0.6) is 0 Å². The number of hydrogen-bond donors (Lipinski definition) is 0. The van der Waals surface area contributed by atoms with Crippen molar-refractivity contribution < 1.29 is 18.0 Å². The van der Waals surface area contributed by atoms with Crippen LogP contribution in [0.2, 0.25) is 0 Å². The van der Waals surface area contributed by atoms with Crippen LogP contribution >= 0.6 is 22.1 Å². The van der Waals surface area contributed by atoms with Gasteiger partial charge in [0.05, 0.1) is 0 Å². The molecule has 1 fully saturated rings. The summed E-state index contributed by atoms with van der Waals surface area (Å²) in [6, 6.07) is 0. The van der Waals surface area contributed by atoms with Gasteiger partial charge in [0, 0.05) is 51.4 Å². The summed E-state index contributed by atoms with van der Waals surface area (Å²) >= 11 is 1.46. The van der Waals surface area contributed by atoms with Gasteiger partial charge in [0.15, 0.2) is 22.1 Å². The summed E-state index contributed by atoms with van der Waals surface area (Å²) in [5.41, 5.74) is 0. The number of hydrogen-bond acceptors (Lipinski definition) is 6. The monoisotopic (exact) mass is 191 g/mol. The van der Waals surface area contributed by atoms with E-state index in [1.165, 1.54) is 0 Å². The topological polar surface area (TPSA) is 52.6 Å². The first-order chi connectivity index (χ1) is 3.80. The van der Waals surface area contributed by atoms with E-state index in [2.05, 4.69) is 8.37 Å². The van der Waals surface area contributed by atoms with Crippen molar-refractivity contribution in [2.75, 3.05) is 0 Å². The largest absolute Gasteiger partial charge is 0.431 e. The summed E-state index contributed by atoms with van der Waals surface area (Å²) in [6.45, 7) is 0. The van der Waals surface area contributed by atoms with Gasteiger partial charge in [0.25, 0.3) is 0 Å². The minimum Gasteiger partial charge on any atom is -0.368 e. The second-order valence-corrected chi connectivity index (χ2v) is 2.30. The molecule has 0 aromatic heterocycles. The Balaban J connectivity index is 0.000000640. The van der Waals surface area contributed by atoms with Crippen LogP contribution in [-0.2, 0) is 18.0 Å². The summed E-state index contributed by atoms with van der Waals surface area (Å²) in [7, 11) is 0. The maximum atomic E-state index is 10.1. The van der Waals surface area contributed by atoms with Gasteiger partial charge >= 0.3 is 11.9 Å². The van der Waals surface area contributed by atoms with Crippen LogP contribution < -0.4 is 0 Å². The molecular formula is C2KO4S2. The molecule has 0 aromatic carbocycles. The van der Waals surface area contributed by atoms with Crippen LogP contribution in [0, 0.1) is 0 Å². The molecule has 0 unspecified atom stereocenters. The third-order valence-corrected chi connectivity index (χ3v) is 1.48. The third kappa shape index (κ3) is 3.26. The molecule has 0 saturated carbocycles. The molecule has 1 radical (unpaired) electrons. The first-order valence-corrected chi connectivity index (χ1v) is 3.57. The Labute approximate surface area is 102 Å². The Kier molecular flexibility index (Phi) is 5.71. The van der Waals surface area contributed by atoms with Crippen molar-refractivity contribution in [1.29, 1.82) is 0 Å². The molecule has 0 N–H and O–H groups in total. The van der Waals surface area contributed by atoms with Gasteiger partial charge < -0.3 is 8.37 Å². The molecule has 0 spiro atoms. The third-order valence-electron chi connectivity index (χ3n) is 0.414. The normalized spacial score (nSPS) is 17.3. The minimum atomic E-state index is -0.950. The molecule has 0 bridgehead atoms. The minimum absolute atomic E-state index is 0. The van der Waals surface area contributed by atoms with Crippen molar-refractivity contribution in [2.24, 2.45) is 0 Å². The van der Waals surface area contributed by atoms with E-state index >= 15 is 0 Å². The van der Waals surface area contributed by atoms with Gasteiger partial charge in [0.1, 0.15) is 0 Å². The summed E-state index contributed by atoms with van der Waals surface area (Å²) in [5, 5.41) is 0. The summed E-state index contributed by atoms with van der Waals surface area (Å²) < 4.78 is 8.31. The van der Waals surface area contributed by atoms with Gasteiger partial charge in [-0.2, -0.15) is 0 Å². The fourth-order valence-corrected chi connectivity index (χ4v) is 1.01. The average molecular weight is 191 g/mol. The Morgan fingerprint density at radius 2 is 1.33 bits per heavy atom. The predicted octanol–water partition coefficient (Wildman–Crippen LogP) is -0.0830. The van der Waals surface area contributed by atoms with Crippen molar-refractivity contribution in [2.45, 2.75) is 0 Å². The molecule has 1 aliphatic rings. The Bertz CT molecular complexity index is 121. The standard InChI is InChI=1S/C2O4S2.K/c3-1-2(4)6-8-7-5-1;. The van der Waals surface area contributed by atoms with Gasteiger partial charge in [-0.25, -0.2) is 9.59 Å². The fourth-order valence-electron chi connectivity index (χ4n) is 0.158. The molecule has 0 atom stereocenters. The van der Waals surface area contributed by atoms with E-state index in [1.807, 2.05) is 0 Å². The van der Waals surface area contributed by atoms with E-state index in [1.54, 1.807) is 0 Å². The van der Waals surface area contributed by atoms with Crippen LogP contribution in [0.1, 0.15) is 0 Å². The number of carbonyl (C=O) groups excluding carboxylic acids is 2. The number of carbonyl (C=O) groups is 2. The van der Waals surface area contributed by atoms with Crippen molar-refractivity contribution in [3.05, 3.63) is 0 Å². The summed E-state index contributed by atoms with van der Waals surface area (Å²) in [4.78, 5) is 20.1. The van der Waals surface area contributed by atoms with Crippen LogP contribution in [-0.4, -0.2) is 63.3 Å². The van der Waals surface area contributed by atoms with Crippen molar-refractivity contribution in [3.63, 3.8) is 0 Å². The van der Waals surface area contributed by atoms with Gasteiger partial charge in [-0.3, -0.25) is 0 Å². The molecule has 45 valence electrons. The molecule has 1 saturated heterocycles. The van der Waals surface area contributed by atoms with E-state index in [9.17, 15) is 9.59 Å². The fraction of sp³-hybridized carbons (Fsp3) is 0. The zero-order valence-electron chi connectivity index (χ0n) is 4.45. The summed E-state index contributed by atoms with van der Waals surface area (Å²) in [6.07, 6.45) is 0. The quantitative estimate of drug-likeness (QED) is 0.231. The van der Waals surface area contributed by atoms with Crippen molar-refractivity contribution >= 4 is 85.5 Å².